The van der Waals surface area contributed by atoms with Gasteiger partial charge in [-0.05, 0) is 18.2 Å². The van der Waals surface area contributed by atoms with Crippen molar-refractivity contribution < 1.29 is 14.3 Å². The first-order valence-electron chi connectivity index (χ1n) is 6.43. The van der Waals surface area contributed by atoms with Gasteiger partial charge in [-0.3, -0.25) is 20.2 Å². The molecule has 0 spiro atoms. The van der Waals surface area contributed by atoms with Crippen molar-refractivity contribution in [2.75, 3.05) is 0 Å². The third kappa shape index (κ3) is 2.53. The lowest BCUT2D eigenvalue weighted by atomic mass is 10.0. The van der Waals surface area contributed by atoms with Crippen LogP contribution in [0.15, 0.2) is 57.7 Å². The predicted octanol–water partition coefficient (Wildman–Crippen LogP) is 3.28. The van der Waals surface area contributed by atoms with Crippen molar-refractivity contribution in [2.24, 2.45) is 0 Å². The van der Waals surface area contributed by atoms with Crippen LogP contribution in [0.3, 0.4) is 0 Å². The SMILES string of the molecule is O=c1oc2ccc([N+](=O)[O-])cc2cc1-c1ccccc1[N+](=O)[O-]. The molecule has 3 aromatic rings. The molecular formula is C15H8N2O6. The second-order valence-electron chi connectivity index (χ2n) is 4.70. The quantitative estimate of drug-likeness (QED) is 0.416. The Kier molecular flexibility index (Phi) is 3.34. The van der Waals surface area contributed by atoms with E-state index in [4.69, 9.17) is 4.42 Å². The topological polar surface area (TPSA) is 116 Å². The standard InChI is InChI=1S/C15H8N2O6/c18-15-12(11-3-1-2-4-13(11)17(21)22)8-9-7-10(16(19)20)5-6-14(9)23-15/h1-8H. The zero-order valence-electron chi connectivity index (χ0n) is 11.5. The van der Waals surface area contributed by atoms with Crippen molar-refractivity contribution in [3.8, 4) is 11.1 Å². The number of non-ortho nitro benzene ring substituents is 1. The molecule has 0 saturated carbocycles. The molecule has 8 nitrogen and oxygen atoms in total. The molecule has 0 aliphatic heterocycles. The molecule has 0 atom stereocenters. The van der Waals surface area contributed by atoms with Crippen molar-refractivity contribution >= 4 is 22.3 Å². The lowest BCUT2D eigenvalue weighted by molar-refractivity contribution is -0.384. The van der Waals surface area contributed by atoms with Crippen LogP contribution in [0.1, 0.15) is 0 Å². The number of nitro groups is 2. The highest BCUT2D eigenvalue weighted by molar-refractivity contribution is 5.85. The van der Waals surface area contributed by atoms with Crippen molar-refractivity contribution in [3.05, 3.63) is 79.2 Å². The van der Waals surface area contributed by atoms with E-state index in [1.54, 1.807) is 6.07 Å². The molecule has 0 N–H and O–H groups in total. The van der Waals surface area contributed by atoms with Gasteiger partial charge in [0.25, 0.3) is 11.4 Å². The van der Waals surface area contributed by atoms with E-state index in [-0.39, 0.29) is 28.1 Å². The molecule has 2 aromatic carbocycles. The second-order valence-corrected chi connectivity index (χ2v) is 4.70. The fraction of sp³-hybridized carbons (Fsp3) is 0. The monoisotopic (exact) mass is 312 g/mol. The van der Waals surface area contributed by atoms with Crippen LogP contribution in [0, 0.1) is 20.2 Å². The van der Waals surface area contributed by atoms with Gasteiger partial charge in [0, 0.05) is 23.6 Å². The Morgan fingerprint density at radius 1 is 0.870 bits per heavy atom. The van der Waals surface area contributed by atoms with E-state index in [0.29, 0.717) is 5.39 Å². The average molecular weight is 312 g/mol. The van der Waals surface area contributed by atoms with Crippen LogP contribution in [0.25, 0.3) is 22.1 Å². The van der Waals surface area contributed by atoms with Crippen LogP contribution in [0.5, 0.6) is 0 Å². The summed E-state index contributed by atoms with van der Waals surface area (Å²) in [4.78, 5) is 32.9. The zero-order chi connectivity index (χ0) is 16.6. The summed E-state index contributed by atoms with van der Waals surface area (Å²) in [7, 11) is 0. The molecule has 0 aliphatic rings. The number of nitrogens with zero attached hydrogens (tertiary/aromatic N) is 2. The van der Waals surface area contributed by atoms with Crippen LogP contribution in [0.4, 0.5) is 11.4 Å². The van der Waals surface area contributed by atoms with E-state index >= 15 is 0 Å². The minimum Gasteiger partial charge on any atom is -0.422 e. The maximum Gasteiger partial charge on any atom is 0.344 e. The van der Waals surface area contributed by atoms with Gasteiger partial charge in [-0.2, -0.15) is 0 Å². The van der Waals surface area contributed by atoms with Gasteiger partial charge in [0.05, 0.1) is 21.0 Å². The number of hydrogen-bond donors (Lipinski definition) is 0. The largest absolute Gasteiger partial charge is 0.422 e. The molecule has 0 radical (unpaired) electrons. The van der Waals surface area contributed by atoms with Gasteiger partial charge in [-0.1, -0.05) is 12.1 Å². The summed E-state index contributed by atoms with van der Waals surface area (Å²) < 4.78 is 5.12. The van der Waals surface area contributed by atoms with Gasteiger partial charge in [-0.25, -0.2) is 4.79 Å². The summed E-state index contributed by atoms with van der Waals surface area (Å²) in [5, 5.41) is 22.2. The molecule has 0 unspecified atom stereocenters. The zero-order valence-corrected chi connectivity index (χ0v) is 11.5. The first-order chi connectivity index (χ1) is 11.0. The lowest BCUT2D eigenvalue weighted by Gasteiger charge is -2.03. The first kappa shape index (κ1) is 14.4. The third-order valence-corrected chi connectivity index (χ3v) is 3.32. The fourth-order valence-corrected chi connectivity index (χ4v) is 2.27. The summed E-state index contributed by atoms with van der Waals surface area (Å²) in [5.41, 5.74) is -0.919. The summed E-state index contributed by atoms with van der Waals surface area (Å²) in [6.07, 6.45) is 0. The van der Waals surface area contributed by atoms with Crippen molar-refractivity contribution in [1.29, 1.82) is 0 Å². The van der Waals surface area contributed by atoms with Crippen LogP contribution >= 0.6 is 0 Å². The smallest absolute Gasteiger partial charge is 0.344 e. The van der Waals surface area contributed by atoms with Gasteiger partial charge in [-0.15, -0.1) is 0 Å². The Hall–Kier alpha value is -3.55. The Labute approximate surface area is 127 Å². The van der Waals surface area contributed by atoms with Gasteiger partial charge >= 0.3 is 5.63 Å². The Balaban J connectivity index is 2.30. The van der Waals surface area contributed by atoms with E-state index in [9.17, 15) is 25.0 Å². The summed E-state index contributed by atoms with van der Waals surface area (Å²) in [6.45, 7) is 0. The van der Waals surface area contributed by atoms with Crippen molar-refractivity contribution in [2.45, 2.75) is 0 Å². The van der Waals surface area contributed by atoms with E-state index in [2.05, 4.69) is 0 Å². The number of fused-ring (bicyclic) bond motifs is 1. The first-order valence-corrected chi connectivity index (χ1v) is 6.43. The van der Waals surface area contributed by atoms with Gasteiger partial charge < -0.3 is 4.42 Å². The molecule has 0 aliphatic carbocycles. The molecule has 3 rings (SSSR count). The number of hydrogen-bond acceptors (Lipinski definition) is 6. The molecule has 23 heavy (non-hydrogen) atoms. The average Bonchev–Trinajstić information content (AvgIpc) is 2.53. The lowest BCUT2D eigenvalue weighted by Crippen LogP contribution is -2.04. The second kappa shape index (κ2) is 5.34. The molecule has 114 valence electrons. The number of benzene rings is 2. The van der Waals surface area contributed by atoms with E-state index in [1.165, 1.54) is 42.5 Å². The Morgan fingerprint density at radius 3 is 2.30 bits per heavy atom. The van der Waals surface area contributed by atoms with Crippen LogP contribution in [-0.4, -0.2) is 9.85 Å². The van der Waals surface area contributed by atoms with Gasteiger partial charge in [0.2, 0.25) is 0 Å². The maximum atomic E-state index is 12.1. The van der Waals surface area contributed by atoms with E-state index in [1.807, 2.05) is 0 Å². The normalized spacial score (nSPS) is 10.6. The fourth-order valence-electron chi connectivity index (χ4n) is 2.27. The molecule has 1 aromatic heterocycles. The molecular weight excluding hydrogens is 304 g/mol. The molecule has 0 fully saturated rings. The highest BCUT2D eigenvalue weighted by Crippen LogP contribution is 2.30. The van der Waals surface area contributed by atoms with E-state index in [0.717, 1.165) is 0 Å². The minimum atomic E-state index is -0.749. The summed E-state index contributed by atoms with van der Waals surface area (Å²) in [6, 6.07) is 10.9. The van der Waals surface area contributed by atoms with E-state index < -0.39 is 15.5 Å². The van der Waals surface area contributed by atoms with Crippen molar-refractivity contribution in [3.63, 3.8) is 0 Å². The van der Waals surface area contributed by atoms with Crippen LogP contribution in [-0.2, 0) is 0 Å². The maximum absolute atomic E-state index is 12.1. The number of nitro benzene ring substituents is 2. The number of para-hydroxylation sites is 1. The van der Waals surface area contributed by atoms with Gasteiger partial charge in [0.1, 0.15) is 5.58 Å². The predicted molar refractivity (Wildman–Crippen MR) is 81.2 cm³/mol. The summed E-state index contributed by atoms with van der Waals surface area (Å²) >= 11 is 0. The number of rotatable bonds is 3. The van der Waals surface area contributed by atoms with Gasteiger partial charge in [0.15, 0.2) is 0 Å². The molecule has 1 heterocycles. The Morgan fingerprint density at radius 2 is 1.61 bits per heavy atom. The third-order valence-electron chi connectivity index (χ3n) is 3.32. The molecule has 0 saturated heterocycles. The van der Waals surface area contributed by atoms with Crippen molar-refractivity contribution in [1.82, 2.24) is 0 Å². The minimum absolute atomic E-state index is 0.0229. The molecule has 0 bridgehead atoms. The molecule has 0 amide bonds. The highest BCUT2D eigenvalue weighted by atomic mass is 16.6. The summed E-state index contributed by atoms with van der Waals surface area (Å²) in [5.74, 6) is 0. The Bertz CT molecular complexity index is 1010. The molecule has 8 heteroatoms. The van der Waals surface area contributed by atoms with Crippen LogP contribution < -0.4 is 5.63 Å². The van der Waals surface area contributed by atoms with Crippen LogP contribution in [0.2, 0.25) is 0 Å². The highest BCUT2D eigenvalue weighted by Gasteiger charge is 2.19.